The summed E-state index contributed by atoms with van der Waals surface area (Å²) < 4.78 is 11.1. The summed E-state index contributed by atoms with van der Waals surface area (Å²) in [5, 5.41) is 12.7. The fourth-order valence-corrected chi connectivity index (χ4v) is 2.70. The van der Waals surface area contributed by atoms with E-state index in [-0.39, 0.29) is 0 Å². The Hall–Kier alpha value is -3.12. The summed E-state index contributed by atoms with van der Waals surface area (Å²) in [6, 6.07) is 7.80. The molecule has 0 unspecified atom stereocenters. The first-order chi connectivity index (χ1) is 13.7. The lowest BCUT2D eigenvalue weighted by Gasteiger charge is -2.27. The maximum absolute atomic E-state index is 9.60. The molecule has 1 N–H and O–H groups in total. The van der Waals surface area contributed by atoms with Gasteiger partial charge in [-0.05, 0) is 26.0 Å². The van der Waals surface area contributed by atoms with Crippen LogP contribution in [0.3, 0.4) is 0 Å². The zero-order valence-corrected chi connectivity index (χ0v) is 16.3. The number of aryl methyl sites for hydroxylation is 1. The molecule has 1 aromatic heterocycles. The lowest BCUT2D eigenvalue weighted by Crippen LogP contribution is -2.38. The molecule has 1 aliphatic heterocycles. The number of morpholine rings is 1. The Morgan fingerprint density at radius 1 is 1.21 bits per heavy atom. The molecule has 1 fully saturated rings. The van der Waals surface area contributed by atoms with Crippen molar-refractivity contribution in [2.24, 2.45) is 0 Å². The number of ether oxygens (including phenoxy) is 2. The minimum absolute atomic E-state index is 0.308. The Labute approximate surface area is 164 Å². The lowest BCUT2D eigenvalue weighted by molar-refractivity contribution is 0.122. The third-order valence-corrected chi connectivity index (χ3v) is 4.21. The van der Waals surface area contributed by atoms with Gasteiger partial charge in [-0.1, -0.05) is 17.7 Å². The maximum atomic E-state index is 9.60. The Morgan fingerprint density at radius 3 is 2.64 bits per heavy atom. The van der Waals surface area contributed by atoms with Gasteiger partial charge in [0.15, 0.2) is 6.19 Å². The van der Waals surface area contributed by atoms with E-state index in [4.69, 9.17) is 9.47 Å². The fraction of sp³-hybridized carbons (Fsp3) is 0.474. The average Bonchev–Trinajstić information content (AvgIpc) is 2.73. The third-order valence-electron chi connectivity index (χ3n) is 4.21. The molecule has 1 aromatic carbocycles. The molecule has 0 atom stereocenters. The molecule has 2 aromatic rings. The highest BCUT2D eigenvalue weighted by atomic mass is 16.5. The van der Waals surface area contributed by atoms with Crippen LogP contribution in [0.5, 0.6) is 5.75 Å². The minimum atomic E-state index is 0.308. The number of aromatic nitrogens is 3. The number of benzene rings is 1. The zero-order valence-electron chi connectivity index (χ0n) is 16.3. The quantitative estimate of drug-likeness (QED) is 0.540. The summed E-state index contributed by atoms with van der Waals surface area (Å²) in [5.41, 5.74) is 1.17. The van der Waals surface area contributed by atoms with Crippen molar-refractivity contribution in [3.8, 4) is 11.9 Å². The second kappa shape index (κ2) is 9.71. The summed E-state index contributed by atoms with van der Waals surface area (Å²) in [6.45, 7) is 8.01. The predicted octanol–water partition coefficient (Wildman–Crippen LogP) is 1.81. The molecule has 148 valence electrons. The van der Waals surface area contributed by atoms with Crippen LogP contribution >= 0.6 is 0 Å². The number of anilines is 3. The lowest BCUT2D eigenvalue weighted by atomic mass is 10.2. The van der Waals surface area contributed by atoms with Crippen LogP contribution in [0.25, 0.3) is 0 Å². The van der Waals surface area contributed by atoms with Crippen molar-refractivity contribution in [1.82, 2.24) is 15.0 Å². The number of nitrogens with one attached hydrogen (secondary N) is 1. The molecule has 1 saturated heterocycles. The predicted molar refractivity (Wildman–Crippen MR) is 107 cm³/mol. The monoisotopic (exact) mass is 383 g/mol. The smallest absolute Gasteiger partial charge is 0.245 e. The molecule has 0 bridgehead atoms. The van der Waals surface area contributed by atoms with Crippen LogP contribution in [0, 0.1) is 18.4 Å². The van der Waals surface area contributed by atoms with Crippen molar-refractivity contribution in [1.29, 1.82) is 5.26 Å². The molecule has 0 radical (unpaired) electrons. The summed E-state index contributed by atoms with van der Waals surface area (Å²) in [6.07, 6.45) is 2.14. The van der Waals surface area contributed by atoms with E-state index in [1.807, 2.05) is 43.0 Å². The van der Waals surface area contributed by atoms with Gasteiger partial charge in [0.05, 0.1) is 19.8 Å². The van der Waals surface area contributed by atoms with E-state index < -0.39 is 0 Å². The van der Waals surface area contributed by atoms with Crippen molar-refractivity contribution >= 4 is 17.8 Å². The summed E-state index contributed by atoms with van der Waals surface area (Å²) in [4.78, 5) is 16.8. The van der Waals surface area contributed by atoms with E-state index in [9.17, 15) is 5.26 Å². The molecular formula is C19H25N7O2. The topological polar surface area (TPSA) is 99.4 Å². The van der Waals surface area contributed by atoms with Crippen molar-refractivity contribution in [2.75, 3.05) is 61.1 Å². The number of nitriles is 1. The molecular weight excluding hydrogens is 358 g/mol. The molecule has 1 aliphatic rings. The first-order valence-corrected chi connectivity index (χ1v) is 9.39. The zero-order chi connectivity index (χ0) is 19.8. The van der Waals surface area contributed by atoms with E-state index in [1.165, 1.54) is 10.5 Å². The summed E-state index contributed by atoms with van der Waals surface area (Å²) in [5.74, 6) is 2.07. The van der Waals surface area contributed by atoms with E-state index >= 15 is 0 Å². The normalized spacial score (nSPS) is 13.7. The number of nitrogens with zero attached hydrogens (tertiary/aromatic N) is 6. The van der Waals surface area contributed by atoms with Gasteiger partial charge in [-0.25, -0.2) is 4.90 Å². The molecule has 0 amide bonds. The number of hydrogen-bond donors (Lipinski definition) is 1. The van der Waals surface area contributed by atoms with Crippen LogP contribution in [0.4, 0.5) is 17.8 Å². The molecule has 28 heavy (non-hydrogen) atoms. The Bertz CT molecular complexity index is 801. The molecule has 0 aliphatic carbocycles. The van der Waals surface area contributed by atoms with E-state index in [1.54, 1.807) is 0 Å². The van der Waals surface area contributed by atoms with Gasteiger partial charge in [0.1, 0.15) is 12.4 Å². The van der Waals surface area contributed by atoms with Crippen molar-refractivity contribution < 1.29 is 9.47 Å². The van der Waals surface area contributed by atoms with Crippen LogP contribution < -0.4 is 19.9 Å². The van der Waals surface area contributed by atoms with Crippen LogP contribution in [-0.2, 0) is 4.74 Å². The molecule has 0 saturated carbocycles. The molecule has 3 rings (SSSR count). The Balaban J connectivity index is 1.71. The van der Waals surface area contributed by atoms with Gasteiger partial charge < -0.3 is 19.7 Å². The third kappa shape index (κ3) is 5.20. The van der Waals surface area contributed by atoms with Gasteiger partial charge in [0.25, 0.3) is 0 Å². The van der Waals surface area contributed by atoms with Gasteiger partial charge in [-0.15, -0.1) is 0 Å². The fourth-order valence-electron chi connectivity index (χ4n) is 2.70. The first-order valence-electron chi connectivity index (χ1n) is 9.39. The molecule has 9 nitrogen and oxygen atoms in total. The largest absolute Gasteiger partial charge is 0.492 e. The SMILES string of the molecule is CCNc1nc(N(C#N)CCOc2ccc(C)cc2)nc(N2CCOCC2)n1. The van der Waals surface area contributed by atoms with E-state index in [0.717, 1.165) is 5.75 Å². The Kier molecular flexibility index (Phi) is 6.81. The van der Waals surface area contributed by atoms with Crippen molar-refractivity contribution in [3.05, 3.63) is 29.8 Å². The highest BCUT2D eigenvalue weighted by Gasteiger charge is 2.19. The van der Waals surface area contributed by atoms with Gasteiger partial charge in [0, 0.05) is 19.6 Å². The second-order valence-electron chi connectivity index (χ2n) is 6.30. The second-order valence-corrected chi connectivity index (χ2v) is 6.30. The Morgan fingerprint density at radius 2 is 1.96 bits per heavy atom. The van der Waals surface area contributed by atoms with E-state index in [2.05, 4.69) is 26.5 Å². The summed E-state index contributed by atoms with van der Waals surface area (Å²) in [7, 11) is 0. The van der Waals surface area contributed by atoms with Gasteiger partial charge >= 0.3 is 0 Å². The van der Waals surface area contributed by atoms with Crippen LogP contribution in [0.15, 0.2) is 24.3 Å². The highest BCUT2D eigenvalue weighted by molar-refractivity contribution is 5.47. The minimum Gasteiger partial charge on any atom is -0.492 e. The van der Waals surface area contributed by atoms with Gasteiger partial charge in [-0.3, -0.25) is 0 Å². The molecule has 9 heteroatoms. The van der Waals surface area contributed by atoms with Crippen molar-refractivity contribution in [2.45, 2.75) is 13.8 Å². The molecule has 0 spiro atoms. The van der Waals surface area contributed by atoms with Crippen LogP contribution in [-0.4, -0.2) is 61.0 Å². The van der Waals surface area contributed by atoms with E-state index in [0.29, 0.717) is 63.8 Å². The van der Waals surface area contributed by atoms with Gasteiger partial charge in [0.2, 0.25) is 17.8 Å². The number of rotatable bonds is 8. The molecule has 2 heterocycles. The highest BCUT2D eigenvalue weighted by Crippen LogP contribution is 2.18. The maximum Gasteiger partial charge on any atom is 0.245 e. The van der Waals surface area contributed by atoms with Crippen LogP contribution in [0.2, 0.25) is 0 Å². The summed E-state index contributed by atoms with van der Waals surface area (Å²) >= 11 is 0. The van der Waals surface area contributed by atoms with Crippen LogP contribution in [0.1, 0.15) is 12.5 Å². The van der Waals surface area contributed by atoms with Gasteiger partial charge in [-0.2, -0.15) is 20.2 Å². The average molecular weight is 383 g/mol. The standard InChI is InChI=1S/C19H25N7O2/c1-3-21-17-22-18(25-8-11-27-12-9-25)24-19(23-17)26(14-20)10-13-28-16-6-4-15(2)5-7-16/h4-7H,3,8-13H2,1-2H3,(H,21,22,23,24). The van der Waals surface area contributed by atoms with Crippen molar-refractivity contribution in [3.63, 3.8) is 0 Å². The number of hydrogen-bond acceptors (Lipinski definition) is 9. The first kappa shape index (κ1) is 19.6.